The Bertz CT molecular complexity index is 833. The Kier molecular flexibility index (Phi) is 5.26. The molecule has 1 atom stereocenters. The van der Waals surface area contributed by atoms with E-state index in [1.54, 1.807) is 0 Å². The van der Waals surface area contributed by atoms with Gasteiger partial charge in [-0.3, -0.25) is 0 Å². The van der Waals surface area contributed by atoms with Gasteiger partial charge in [0, 0.05) is 18.0 Å². The largest absolute Gasteiger partial charge is 0.397 e. The number of nitrogens with zero attached hydrogens (tertiary/aromatic N) is 3. The van der Waals surface area contributed by atoms with E-state index in [-0.39, 0.29) is 0 Å². The lowest BCUT2D eigenvalue weighted by Gasteiger charge is -2.42. The van der Waals surface area contributed by atoms with Crippen LogP contribution in [-0.4, -0.2) is 23.1 Å². The molecule has 4 rings (SSSR count). The fraction of sp³-hybridized carbons (Fsp3) is 0.524. The van der Waals surface area contributed by atoms with Gasteiger partial charge in [0.2, 0.25) is 0 Å². The van der Waals surface area contributed by atoms with Gasteiger partial charge in [-0.05, 0) is 49.7 Å². The summed E-state index contributed by atoms with van der Waals surface area (Å²) in [5, 5.41) is 1.46. The summed E-state index contributed by atoms with van der Waals surface area (Å²) in [5.74, 6) is 1.87. The van der Waals surface area contributed by atoms with Crippen molar-refractivity contribution in [3.05, 3.63) is 35.1 Å². The van der Waals surface area contributed by atoms with Crippen molar-refractivity contribution in [2.75, 3.05) is 23.7 Å². The molecular weight excluding hydrogens is 376 g/mol. The lowest BCUT2D eigenvalue weighted by atomic mass is 9.71. The van der Waals surface area contributed by atoms with Gasteiger partial charge in [0.05, 0.1) is 22.6 Å². The molecule has 1 saturated heterocycles. The molecule has 2 aromatic rings. The van der Waals surface area contributed by atoms with E-state index in [1.807, 2.05) is 31.3 Å². The highest BCUT2D eigenvalue weighted by molar-refractivity contribution is 7.99. The third-order valence-electron chi connectivity index (χ3n) is 6.53. The van der Waals surface area contributed by atoms with Gasteiger partial charge in [0.15, 0.2) is 0 Å². The standard InChI is InChI=1S/C21H27ClN4S/c1-14-5-4-8-21(14)9-11-26(12-10-21)18-13-24-20(15(2)25-18)27-17-7-3-6-16(23)19(17)22/h3,6-7,13-14H,4-5,8-12,23H2,1-2H3/t14-/m1/s1. The number of nitrogens with two attached hydrogens (primary N) is 1. The second kappa shape index (κ2) is 7.51. The number of aromatic nitrogens is 2. The molecule has 1 aromatic carbocycles. The quantitative estimate of drug-likeness (QED) is 0.679. The van der Waals surface area contributed by atoms with Crippen LogP contribution in [0.4, 0.5) is 11.5 Å². The number of aryl methyl sites for hydroxylation is 1. The summed E-state index contributed by atoms with van der Waals surface area (Å²) in [5.41, 5.74) is 8.01. The summed E-state index contributed by atoms with van der Waals surface area (Å²) in [7, 11) is 0. The number of piperidine rings is 1. The van der Waals surface area contributed by atoms with Gasteiger partial charge in [-0.2, -0.15) is 0 Å². The van der Waals surface area contributed by atoms with Crippen LogP contribution in [0.15, 0.2) is 34.3 Å². The molecule has 2 heterocycles. The number of anilines is 2. The molecule has 1 aromatic heterocycles. The van der Waals surface area contributed by atoms with E-state index in [4.69, 9.17) is 22.3 Å². The summed E-state index contributed by atoms with van der Waals surface area (Å²) in [6.07, 6.45) is 8.68. The molecule has 1 aliphatic carbocycles. The van der Waals surface area contributed by atoms with Crippen molar-refractivity contribution >= 4 is 34.9 Å². The maximum absolute atomic E-state index is 6.32. The SMILES string of the molecule is Cc1nc(N2CCC3(CCC[C@H]3C)CC2)cnc1Sc1cccc(N)c1Cl. The first-order valence-corrected chi connectivity index (χ1v) is 11.0. The Morgan fingerprint density at radius 3 is 2.70 bits per heavy atom. The normalized spacial score (nSPS) is 21.7. The smallest absolute Gasteiger partial charge is 0.147 e. The van der Waals surface area contributed by atoms with Gasteiger partial charge in [0.1, 0.15) is 10.8 Å². The number of nitrogen functional groups attached to an aromatic ring is 1. The molecule has 6 heteroatoms. The number of benzene rings is 1. The van der Waals surface area contributed by atoms with Crippen LogP contribution in [0.25, 0.3) is 0 Å². The fourth-order valence-electron chi connectivity index (χ4n) is 4.66. The topological polar surface area (TPSA) is 55.0 Å². The monoisotopic (exact) mass is 402 g/mol. The molecule has 0 radical (unpaired) electrons. The third-order valence-corrected chi connectivity index (χ3v) is 8.22. The Morgan fingerprint density at radius 1 is 1.26 bits per heavy atom. The van der Waals surface area contributed by atoms with Crippen LogP contribution in [-0.2, 0) is 0 Å². The number of halogens is 1. The Labute approximate surface area is 170 Å². The van der Waals surface area contributed by atoms with Crippen LogP contribution in [0.3, 0.4) is 0 Å². The summed E-state index contributed by atoms with van der Waals surface area (Å²) in [4.78, 5) is 12.8. The number of hydrogen-bond acceptors (Lipinski definition) is 5. The molecule has 1 aliphatic heterocycles. The first kappa shape index (κ1) is 18.9. The van der Waals surface area contributed by atoms with E-state index < -0.39 is 0 Å². The van der Waals surface area contributed by atoms with E-state index in [2.05, 4.69) is 16.8 Å². The molecular formula is C21H27ClN4S. The van der Waals surface area contributed by atoms with E-state index in [0.29, 0.717) is 16.1 Å². The molecule has 0 unspecified atom stereocenters. The molecule has 144 valence electrons. The fourth-order valence-corrected chi connectivity index (χ4v) is 5.76. The molecule has 2 fully saturated rings. The highest BCUT2D eigenvalue weighted by Crippen LogP contribution is 2.50. The van der Waals surface area contributed by atoms with Gasteiger partial charge in [-0.1, -0.05) is 49.2 Å². The number of rotatable bonds is 3. The van der Waals surface area contributed by atoms with E-state index in [1.165, 1.54) is 43.9 Å². The molecule has 4 nitrogen and oxygen atoms in total. The average Bonchev–Trinajstić information content (AvgIpc) is 3.01. The molecule has 1 saturated carbocycles. The van der Waals surface area contributed by atoms with Crippen molar-refractivity contribution in [3.8, 4) is 0 Å². The summed E-state index contributed by atoms with van der Waals surface area (Å²) in [6, 6.07) is 5.68. The van der Waals surface area contributed by atoms with Gasteiger partial charge in [-0.25, -0.2) is 9.97 Å². The second-order valence-electron chi connectivity index (χ2n) is 8.02. The van der Waals surface area contributed by atoms with Crippen LogP contribution in [0.1, 0.15) is 44.7 Å². The van der Waals surface area contributed by atoms with Crippen molar-refractivity contribution in [1.29, 1.82) is 0 Å². The molecule has 2 N–H and O–H groups in total. The van der Waals surface area contributed by atoms with Gasteiger partial charge in [-0.15, -0.1) is 0 Å². The minimum atomic E-state index is 0.582. The summed E-state index contributed by atoms with van der Waals surface area (Å²) in [6.45, 7) is 6.64. The van der Waals surface area contributed by atoms with Crippen LogP contribution < -0.4 is 10.6 Å². The van der Waals surface area contributed by atoms with Crippen molar-refractivity contribution < 1.29 is 0 Å². The predicted molar refractivity (Wildman–Crippen MR) is 114 cm³/mol. The lowest BCUT2D eigenvalue weighted by molar-refractivity contribution is 0.161. The lowest BCUT2D eigenvalue weighted by Crippen LogP contribution is -2.41. The first-order valence-electron chi connectivity index (χ1n) is 9.79. The second-order valence-corrected chi connectivity index (χ2v) is 9.43. The highest BCUT2D eigenvalue weighted by Gasteiger charge is 2.42. The number of hydrogen-bond donors (Lipinski definition) is 1. The maximum atomic E-state index is 6.32. The van der Waals surface area contributed by atoms with Crippen molar-refractivity contribution in [1.82, 2.24) is 9.97 Å². The minimum Gasteiger partial charge on any atom is -0.397 e. The third kappa shape index (κ3) is 3.64. The van der Waals surface area contributed by atoms with Gasteiger partial charge < -0.3 is 10.6 Å². The predicted octanol–water partition coefficient (Wildman–Crippen LogP) is 5.58. The van der Waals surface area contributed by atoms with Gasteiger partial charge in [0.25, 0.3) is 0 Å². The zero-order valence-corrected chi connectivity index (χ0v) is 17.6. The first-order chi connectivity index (χ1) is 13.0. The minimum absolute atomic E-state index is 0.582. The molecule has 2 aliphatic rings. The van der Waals surface area contributed by atoms with Crippen LogP contribution in [0, 0.1) is 18.3 Å². The maximum Gasteiger partial charge on any atom is 0.147 e. The summed E-state index contributed by atoms with van der Waals surface area (Å²) >= 11 is 7.84. The van der Waals surface area contributed by atoms with E-state index in [0.717, 1.165) is 40.4 Å². The Morgan fingerprint density at radius 2 is 2.04 bits per heavy atom. The molecule has 0 bridgehead atoms. The van der Waals surface area contributed by atoms with Crippen LogP contribution in [0.2, 0.25) is 5.02 Å². The van der Waals surface area contributed by atoms with Crippen LogP contribution >= 0.6 is 23.4 Å². The summed E-state index contributed by atoms with van der Waals surface area (Å²) < 4.78 is 0. The van der Waals surface area contributed by atoms with Gasteiger partial charge >= 0.3 is 0 Å². The van der Waals surface area contributed by atoms with Crippen LogP contribution in [0.5, 0.6) is 0 Å². The molecule has 1 spiro atoms. The average molecular weight is 403 g/mol. The highest BCUT2D eigenvalue weighted by atomic mass is 35.5. The zero-order valence-electron chi connectivity index (χ0n) is 16.0. The molecule has 0 amide bonds. The van der Waals surface area contributed by atoms with E-state index in [9.17, 15) is 0 Å². The van der Waals surface area contributed by atoms with Crippen molar-refractivity contribution in [2.45, 2.75) is 55.9 Å². The molecule has 27 heavy (non-hydrogen) atoms. The Hall–Kier alpha value is -1.46. The van der Waals surface area contributed by atoms with Crippen molar-refractivity contribution in [3.63, 3.8) is 0 Å². The zero-order chi connectivity index (χ0) is 19.0. The van der Waals surface area contributed by atoms with Crippen molar-refractivity contribution in [2.24, 2.45) is 11.3 Å². The Balaban J connectivity index is 1.47. The van der Waals surface area contributed by atoms with E-state index >= 15 is 0 Å².